The lowest BCUT2D eigenvalue weighted by Gasteiger charge is -2.17. The molecule has 6 nitrogen and oxygen atoms in total. The molecule has 0 spiro atoms. The van der Waals surface area contributed by atoms with Crippen LogP contribution in [-0.2, 0) is 35.1 Å². The first kappa shape index (κ1) is 19.8. The topological polar surface area (TPSA) is 63.2 Å². The fourth-order valence-corrected chi connectivity index (χ4v) is 3.08. The number of hydrogen-bond donors (Lipinski definition) is 0. The van der Waals surface area contributed by atoms with Gasteiger partial charge < -0.3 is 23.7 Å². The molecule has 0 aromatic heterocycles. The zero-order valence-corrected chi connectivity index (χ0v) is 15.0. The van der Waals surface area contributed by atoms with Gasteiger partial charge in [-0.15, -0.1) is 0 Å². The summed E-state index contributed by atoms with van der Waals surface area (Å²) in [7, 11) is 3.05. The summed E-state index contributed by atoms with van der Waals surface area (Å²) < 4.78 is 26.7. The lowest BCUT2D eigenvalue weighted by molar-refractivity contribution is -0.148. The standard InChI is InChI=1S/C19H28O6/c1-21-8-9-23-14-25-17-10-16(18(11-17)19(20)22-2)13-24-12-15-6-4-3-5-7-15/h3-7,16-18H,8-14H2,1-2H3/t16-,17-,18+/m0/s1. The van der Waals surface area contributed by atoms with E-state index in [0.29, 0.717) is 32.8 Å². The van der Waals surface area contributed by atoms with Gasteiger partial charge in [0, 0.05) is 7.11 Å². The molecule has 1 aromatic rings. The van der Waals surface area contributed by atoms with Crippen LogP contribution in [-0.4, -0.2) is 52.9 Å². The molecule has 0 unspecified atom stereocenters. The number of esters is 1. The van der Waals surface area contributed by atoms with Crippen LogP contribution < -0.4 is 0 Å². The van der Waals surface area contributed by atoms with Crippen molar-refractivity contribution in [2.24, 2.45) is 11.8 Å². The number of carbonyl (C=O) groups excluding carboxylic acids is 1. The third kappa shape index (κ3) is 6.74. The molecule has 0 heterocycles. The van der Waals surface area contributed by atoms with Crippen molar-refractivity contribution < 1.29 is 28.5 Å². The highest BCUT2D eigenvalue weighted by Crippen LogP contribution is 2.35. The highest BCUT2D eigenvalue weighted by atomic mass is 16.7. The Morgan fingerprint density at radius 1 is 1.08 bits per heavy atom. The highest BCUT2D eigenvalue weighted by molar-refractivity contribution is 5.73. The zero-order chi connectivity index (χ0) is 17.9. The molecule has 140 valence electrons. The van der Waals surface area contributed by atoms with Gasteiger partial charge >= 0.3 is 5.97 Å². The first-order valence-corrected chi connectivity index (χ1v) is 8.62. The fraction of sp³-hybridized carbons (Fsp3) is 0.632. The van der Waals surface area contributed by atoms with Crippen molar-refractivity contribution in [2.75, 3.05) is 40.8 Å². The molecular weight excluding hydrogens is 324 g/mol. The molecule has 0 radical (unpaired) electrons. The van der Waals surface area contributed by atoms with Crippen LogP contribution in [0.4, 0.5) is 0 Å². The minimum atomic E-state index is -0.195. The van der Waals surface area contributed by atoms with Crippen LogP contribution >= 0.6 is 0 Å². The summed E-state index contributed by atoms with van der Waals surface area (Å²) >= 11 is 0. The van der Waals surface area contributed by atoms with Crippen molar-refractivity contribution in [3.63, 3.8) is 0 Å². The van der Waals surface area contributed by atoms with Gasteiger partial charge in [-0.25, -0.2) is 0 Å². The lowest BCUT2D eigenvalue weighted by Crippen LogP contribution is -2.23. The molecule has 0 bridgehead atoms. The number of carbonyl (C=O) groups is 1. The van der Waals surface area contributed by atoms with Crippen LogP contribution in [0.1, 0.15) is 18.4 Å². The lowest BCUT2D eigenvalue weighted by atomic mass is 9.97. The smallest absolute Gasteiger partial charge is 0.309 e. The minimum Gasteiger partial charge on any atom is -0.469 e. The molecule has 6 heteroatoms. The van der Waals surface area contributed by atoms with Crippen LogP contribution in [0, 0.1) is 11.8 Å². The monoisotopic (exact) mass is 352 g/mol. The Morgan fingerprint density at radius 3 is 2.60 bits per heavy atom. The van der Waals surface area contributed by atoms with Gasteiger partial charge in [0.2, 0.25) is 0 Å². The normalized spacial score (nSPS) is 22.9. The number of ether oxygens (including phenoxy) is 5. The van der Waals surface area contributed by atoms with Gasteiger partial charge in [-0.05, 0) is 24.3 Å². The molecule has 2 rings (SSSR count). The van der Waals surface area contributed by atoms with E-state index in [9.17, 15) is 4.79 Å². The van der Waals surface area contributed by atoms with Crippen LogP contribution in [0.15, 0.2) is 30.3 Å². The summed E-state index contributed by atoms with van der Waals surface area (Å²) in [6.45, 7) is 2.29. The first-order valence-electron chi connectivity index (χ1n) is 8.62. The summed E-state index contributed by atoms with van der Waals surface area (Å²) in [5.74, 6) is -0.287. The van der Waals surface area contributed by atoms with Crippen molar-refractivity contribution >= 4 is 5.97 Å². The molecule has 0 aliphatic heterocycles. The maximum absolute atomic E-state index is 12.0. The molecular formula is C19H28O6. The van der Waals surface area contributed by atoms with E-state index in [1.807, 2.05) is 30.3 Å². The SMILES string of the molecule is COCCOCO[C@H]1C[C@@H](COCc2ccccc2)[C@H](C(=O)OC)C1. The summed E-state index contributed by atoms with van der Waals surface area (Å²) in [4.78, 5) is 12.0. The quantitative estimate of drug-likeness (QED) is 0.346. The van der Waals surface area contributed by atoms with Gasteiger partial charge in [0.15, 0.2) is 0 Å². The Balaban J connectivity index is 1.76. The summed E-state index contributed by atoms with van der Waals surface area (Å²) in [6.07, 6.45) is 1.39. The summed E-state index contributed by atoms with van der Waals surface area (Å²) in [5.41, 5.74) is 1.12. The van der Waals surface area contributed by atoms with Crippen LogP contribution in [0.25, 0.3) is 0 Å². The highest BCUT2D eigenvalue weighted by Gasteiger charge is 2.40. The van der Waals surface area contributed by atoms with Crippen molar-refractivity contribution in [2.45, 2.75) is 25.6 Å². The third-order valence-electron chi connectivity index (χ3n) is 4.42. The summed E-state index contributed by atoms with van der Waals surface area (Å²) in [5, 5.41) is 0. The summed E-state index contributed by atoms with van der Waals surface area (Å²) in [6, 6.07) is 9.99. The number of rotatable bonds is 11. The average Bonchev–Trinajstić information content (AvgIpc) is 3.05. The van der Waals surface area contributed by atoms with Crippen molar-refractivity contribution in [3.05, 3.63) is 35.9 Å². The fourth-order valence-electron chi connectivity index (χ4n) is 3.08. The molecule has 1 saturated carbocycles. The third-order valence-corrected chi connectivity index (χ3v) is 4.42. The van der Waals surface area contributed by atoms with Gasteiger partial charge in [-0.3, -0.25) is 4.79 Å². The predicted octanol–water partition coefficient (Wildman–Crippen LogP) is 2.41. The maximum atomic E-state index is 12.0. The molecule has 25 heavy (non-hydrogen) atoms. The zero-order valence-electron chi connectivity index (χ0n) is 15.0. The second-order valence-electron chi connectivity index (χ2n) is 6.17. The van der Waals surface area contributed by atoms with Gasteiger partial charge in [-0.1, -0.05) is 30.3 Å². The Bertz CT molecular complexity index is 492. The van der Waals surface area contributed by atoms with Crippen LogP contribution in [0.2, 0.25) is 0 Å². The Morgan fingerprint density at radius 2 is 1.88 bits per heavy atom. The van der Waals surface area contributed by atoms with Gasteiger partial charge in [0.05, 0.1) is 45.6 Å². The van der Waals surface area contributed by atoms with Crippen molar-refractivity contribution in [1.29, 1.82) is 0 Å². The molecule has 1 aliphatic rings. The van der Waals surface area contributed by atoms with E-state index in [4.69, 9.17) is 23.7 Å². The Hall–Kier alpha value is -1.47. The van der Waals surface area contributed by atoms with E-state index in [2.05, 4.69) is 0 Å². The molecule has 1 fully saturated rings. The Kier molecular flexibility index (Phi) is 8.90. The predicted molar refractivity (Wildman–Crippen MR) is 91.9 cm³/mol. The van der Waals surface area contributed by atoms with Crippen molar-refractivity contribution in [1.82, 2.24) is 0 Å². The number of benzene rings is 1. The first-order chi connectivity index (χ1) is 12.2. The van der Waals surface area contributed by atoms with E-state index in [-0.39, 0.29) is 30.7 Å². The second-order valence-corrected chi connectivity index (χ2v) is 6.17. The van der Waals surface area contributed by atoms with Gasteiger partial charge in [-0.2, -0.15) is 0 Å². The van der Waals surface area contributed by atoms with Gasteiger partial charge in [0.25, 0.3) is 0 Å². The molecule has 0 amide bonds. The van der Waals surface area contributed by atoms with E-state index in [1.165, 1.54) is 7.11 Å². The van der Waals surface area contributed by atoms with Crippen molar-refractivity contribution in [3.8, 4) is 0 Å². The molecule has 1 aromatic carbocycles. The molecule has 3 atom stereocenters. The van der Waals surface area contributed by atoms with E-state index < -0.39 is 0 Å². The average molecular weight is 352 g/mol. The largest absolute Gasteiger partial charge is 0.469 e. The molecule has 0 saturated heterocycles. The number of methoxy groups -OCH3 is 2. The number of hydrogen-bond acceptors (Lipinski definition) is 6. The molecule has 1 aliphatic carbocycles. The Labute approximate surface area is 149 Å². The van der Waals surface area contributed by atoms with E-state index in [0.717, 1.165) is 12.0 Å². The molecule has 0 N–H and O–H groups in total. The minimum absolute atomic E-state index is 0.0167. The van der Waals surface area contributed by atoms with E-state index >= 15 is 0 Å². The van der Waals surface area contributed by atoms with E-state index in [1.54, 1.807) is 7.11 Å². The van der Waals surface area contributed by atoms with Crippen LogP contribution in [0.3, 0.4) is 0 Å². The van der Waals surface area contributed by atoms with Gasteiger partial charge in [0.1, 0.15) is 6.79 Å². The van der Waals surface area contributed by atoms with Crippen LogP contribution in [0.5, 0.6) is 0 Å². The second kappa shape index (κ2) is 11.2. The maximum Gasteiger partial charge on any atom is 0.309 e.